The first-order valence-electron chi connectivity index (χ1n) is 5.98. The molecule has 2 nitrogen and oxygen atoms in total. The Morgan fingerprint density at radius 2 is 2.00 bits per heavy atom. The number of aromatic nitrogens is 1. The molecule has 1 aliphatic rings. The van der Waals surface area contributed by atoms with Crippen LogP contribution in [0.15, 0.2) is 18.2 Å². The number of pyridine rings is 1. The minimum atomic E-state index is 0.989. The third kappa shape index (κ3) is 1.37. The lowest BCUT2D eigenvalue weighted by atomic mass is 9.93. The third-order valence-electron chi connectivity index (χ3n) is 3.54. The van der Waals surface area contributed by atoms with Crippen molar-refractivity contribution in [2.45, 2.75) is 32.6 Å². The van der Waals surface area contributed by atoms with Gasteiger partial charge in [0.05, 0.1) is 11.1 Å². The van der Waals surface area contributed by atoms with Gasteiger partial charge in [-0.15, -0.1) is 0 Å². The maximum Gasteiger partial charge on any atom is 0.213 e. The van der Waals surface area contributed by atoms with E-state index in [-0.39, 0.29) is 0 Å². The number of benzene rings is 1. The van der Waals surface area contributed by atoms with Crippen molar-refractivity contribution in [3.05, 3.63) is 35.0 Å². The Balaban J connectivity index is 2.34. The van der Waals surface area contributed by atoms with Crippen molar-refractivity contribution in [2.75, 3.05) is 5.73 Å². The number of nitrogen functional groups attached to an aromatic ring is 1. The van der Waals surface area contributed by atoms with E-state index in [1.54, 1.807) is 0 Å². The second-order valence-corrected chi connectivity index (χ2v) is 4.75. The number of nitrogens with one attached hydrogen (secondary N) is 1. The molecule has 1 heterocycles. The molecule has 2 aromatic rings. The fraction of sp³-hybridized carbons (Fsp3) is 0.357. The Bertz CT molecular complexity index is 558. The summed E-state index contributed by atoms with van der Waals surface area (Å²) < 4.78 is 0. The van der Waals surface area contributed by atoms with Crippen molar-refractivity contribution in [1.82, 2.24) is 0 Å². The van der Waals surface area contributed by atoms with Crippen LogP contribution in [0, 0.1) is 6.92 Å². The van der Waals surface area contributed by atoms with Gasteiger partial charge in [-0.2, -0.15) is 0 Å². The molecular formula is C14H17N2+. The van der Waals surface area contributed by atoms with Gasteiger partial charge in [-0.3, -0.25) is 0 Å². The normalized spacial score (nSPS) is 15.1. The van der Waals surface area contributed by atoms with E-state index >= 15 is 0 Å². The van der Waals surface area contributed by atoms with Crippen LogP contribution in [0.3, 0.4) is 0 Å². The van der Waals surface area contributed by atoms with E-state index < -0.39 is 0 Å². The first-order valence-corrected chi connectivity index (χ1v) is 5.98. The lowest BCUT2D eigenvalue weighted by Crippen LogP contribution is -2.21. The van der Waals surface area contributed by atoms with E-state index in [0.29, 0.717) is 0 Å². The van der Waals surface area contributed by atoms with E-state index in [4.69, 9.17) is 5.73 Å². The summed E-state index contributed by atoms with van der Waals surface area (Å²) in [5.74, 6) is 0. The summed E-state index contributed by atoms with van der Waals surface area (Å²) in [5.41, 5.74) is 12.4. The van der Waals surface area contributed by atoms with Crippen LogP contribution < -0.4 is 10.7 Å². The summed E-state index contributed by atoms with van der Waals surface area (Å²) in [7, 11) is 0. The van der Waals surface area contributed by atoms with Gasteiger partial charge >= 0.3 is 0 Å². The number of hydrogen-bond acceptors (Lipinski definition) is 1. The molecule has 2 heteroatoms. The molecule has 0 aliphatic heterocycles. The van der Waals surface area contributed by atoms with Crippen LogP contribution in [0.1, 0.15) is 29.7 Å². The van der Waals surface area contributed by atoms with E-state index in [0.717, 1.165) is 18.5 Å². The van der Waals surface area contributed by atoms with E-state index in [1.807, 2.05) is 0 Å². The van der Waals surface area contributed by atoms with Crippen LogP contribution in [0.5, 0.6) is 0 Å². The highest BCUT2D eigenvalue weighted by atomic mass is 14.7. The molecule has 3 N–H and O–H groups in total. The molecule has 0 fully saturated rings. The number of hydrogen-bond donors (Lipinski definition) is 1. The van der Waals surface area contributed by atoms with Gasteiger partial charge < -0.3 is 5.73 Å². The molecule has 82 valence electrons. The van der Waals surface area contributed by atoms with Crippen LogP contribution >= 0.6 is 0 Å². The summed E-state index contributed by atoms with van der Waals surface area (Å²) in [6, 6.07) is 6.44. The minimum Gasteiger partial charge on any atom is -0.398 e. The highest BCUT2D eigenvalue weighted by Gasteiger charge is 2.21. The molecule has 0 bridgehead atoms. The molecule has 3 rings (SSSR count). The van der Waals surface area contributed by atoms with E-state index in [2.05, 4.69) is 30.1 Å². The summed E-state index contributed by atoms with van der Waals surface area (Å²) in [6.45, 7) is 2.11. The average molecular weight is 213 g/mol. The molecule has 1 aromatic carbocycles. The van der Waals surface area contributed by atoms with Crippen LogP contribution in [0.25, 0.3) is 10.9 Å². The highest BCUT2D eigenvalue weighted by Crippen LogP contribution is 2.28. The standard InChI is InChI=1S/C14H16N2/c1-9-6-7-11-13(8-9)16-12-5-3-2-4-10(12)14(11)15/h6-8H,2-5H2,1H3,(H2,15,16)/p+1. The molecule has 16 heavy (non-hydrogen) atoms. The van der Waals surface area contributed by atoms with E-state index in [9.17, 15) is 0 Å². The average Bonchev–Trinajstić information content (AvgIpc) is 2.29. The van der Waals surface area contributed by atoms with Gasteiger partial charge in [0.1, 0.15) is 0 Å². The molecule has 1 aliphatic carbocycles. The largest absolute Gasteiger partial charge is 0.398 e. The number of nitrogens with two attached hydrogens (primary N) is 1. The first-order chi connectivity index (χ1) is 7.75. The smallest absolute Gasteiger partial charge is 0.213 e. The van der Waals surface area contributed by atoms with E-state index in [1.165, 1.54) is 40.6 Å². The van der Waals surface area contributed by atoms with Crippen molar-refractivity contribution in [3.63, 3.8) is 0 Å². The van der Waals surface area contributed by atoms with Crippen LogP contribution in [-0.4, -0.2) is 0 Å². The van der Waals surface area contributed by atoms with Gasteiger partial charge in [-0.1, -0.05) is 6.07 Å². The maximum absolute atomic E-state index is 6.27. The molecule has 0 unspecified atom stereocenters. The lowest BCUT2D eigenvalue weighted by Gasteiger charge is -2.14. The van der Waals surface area contributed by atoms with Crippen molar-refractivity contribution in [1.29, 1.82) is 0 Å². The number of aryl methyl sites for hydroxylation is 2. The topological polar surface area (TPSA) is 40.2 Å². The van der Waals surface area contributed by atoms with Gasteiger partial charge in [0.25, 0.3) is 0 Å². The van der Waals surface area contributed by atoms with Gasteiger partial charge in [0, 0.05) is 18.1 Å². The molecule has 0 atom stereocenters. The molecular weight excluding hydrogens is 196 g/mol. The molecule has 0 saturated carbocycles. The van der Waals surface area contributed by atoms with Crippen molar-refractivity contribution >= 4 is 16.6 Å². The molecule has 0 saturated heterocycles. The monoisotopic (exact) mass is 213 g/mol. The van der Waals surface area contributed by atoms with Crippen LogP contribution in [0.4, 0.5) is 5.69 Å². The first kappa shape index (κ1) is 9.64. The molecule has 0 radical (unpaired) electrons. The second-order valence-electron chi connectivity index (χ2n) is 4.75. The lowest BCUT2D eigenvalue weighted by molar-refractivity contribution is -0.359. The molecule has 1 aromatic heterocycles. The summed E-state index contributed by atoms with van der Waals surface area (Å²) in [6.07, 6.45) is 4.81. The maximum atomic E-state index is 6.27. The van der Waals surface area contributed by atoms with Crippen molar-refractivity contribution in [2.24, 2.45) is 0 Å². The predicted octanol–water partition coefficient (Wildman–Crippen LogP) is 2.42. The Morgan fingerprint density at radius 1 is 1.19 bits per heavy atom. The summed E-state index contributed by atoms with van der Waals surface area (Å²) >= 11 is 0. The zero-order chi connectivity index (χ0) is 11.1. The number of rotatable bonds is 0. The van der Waals surface area contributed by atoms with Gasteiger partial charge in [0.2, 0.25) is 5.52 Å². The van der Waals surface area contributed by atoms with Crippen LogP contribution in [-0.2, 0) is 12.8 Å². The SMILES string of the molecule is Cc1ccc2c(N)c3c([nH+]c2c1)CCCC3. The van der Waals surface area contributed by atoms with Crippen molar-refractivity contribution in [3.8, 4) is 0 Å². The fourth-order valence-corrected chi connectivity index (χ4v) is 2.66. The quantitative estimate of drug-likeness (QED) is 0.717. The number of anilines is 1. The molecule has 0 amide bonds. The minimum absolute atomic E-state index is 0.989. The Labute approximate surface area is 95.5 Å². The fourth-order valence-electron chi connectivity index (χ4n) is 2.66. The second kappa shape index (κ2) is 3.48. The zero-order valence-corrected chi connectivity index (χ0v) is 9.64. The van der Waals surface area contributed by atoms with Gasteiger partial charge in [-0.05, 0) is 37.8 Å². The summed E-state index contributed by atoms with van der Waals surface area (Å²) in [5, 5.41) is 1.17. The van der Waals surface area contributed by atoms with Crippen LogP contribution in [0.2, 0.25) is 0 Å². The predicted molar refractivity (Wildman–Crippen MR) is 66.3 cm³/mol. The van der Waals surface area contributed by atoms with Gasteiger partial charge in [-0.25, -0.2) is 4.98 Å². The number of H-pyrrole nitrogens is 1. The number of aromatic amines is 1. The highest BCUT2D eigenvalue weighted by molar-refractivity contribution is 5.90. The Morgan fingerprint density at radius 3 is 2.88 bits per heavy atom. The zero-order valence-electron chi connectivity index (χ0n) is 9.64. The van der Waals surface area contributed by atoms with Gasteiger partial charge in [0.15, 0.2) is 5.69 Å². The Hall–Kier alpha value is -1.57. The molecule has 0 spiro atoms. The Kier molecular flexibility index (Phi) is 2.10. The third-order valence-corrected chi connectivity index (χ3v) is 3.54. The number of fused-ring (bicyclic) bond motifs is 2. The summed E-state index contributed by atoms with van der Waals surface area (Å²) in [4.78, 5) is 3.55. The van der Waals surface area contributed by atoms with Crippen molar-refractivity contribution < 1.29 is 4.98 Å².